The fourth-order valence-electron chi connectivity index (χ4n) is 5.92. The molecule has 1 aliphatic heterocycles. The van der Waals surface area contributed by atoms with Gasteiger partial charge in [0.25, 0.3) is 5.91 Å². The van der Waals surface area contributed by atoms with Crippen LogP contribution in [0.15, 0.2) is 18.3 Å². The Morgan fingerprint density at radius 3 is 2.27 bits per heavy atom. The zero-order valence-electron chi connectivity index (χ0n) is 26.6. The summed E-state index contributed by atoms with van der Waals surface area (Å²) < 4.78 is -0.109. The molecule has 10 nitrogen and oxygen atoms in total. The van der Waals surface area contributed by atoms with Gasteiger partial charge in [-0.05, 0) is 42.7 Å². The molecule has 1 aromatic rings. The summed E-state index contributed by atoms with van der Waals surface area (Å²) in [4.78, 5) is 57.1. The Morgan fingerprint density at radius 2 is 1.70 bits per heavy atom. The van der Waals surface area contributed by atoms with E-state index in [9.17, 15) is 24.3 Å². The van der Waals surface area contributed by atoms with Crippen molar-refractivity contribution in [3.63, 3.8) is 0 Å². The molecule has 12 heteroatoms. The number of aromatic nitrogens is 1. The third-order valence-electron chi connectivity index (χ3n) is 9.23. The van der Waals surface area contributed by atoms with Crippen LogP contribution in [0.1, 0.15) is 106 Å². The molecule has 0 aromatic carbocycles. The molecule has 3 amide bonds. The van der Waals surface area contributed by atoms with Crippen molar-refractivity contribution in [1.29, 1.82) is 0 Å². The zero-order chi connectivity index (χ0) is 32.4. The van der Waals surface area contributed by atoms with E-state index in [1.54, 1.807) is 23.5 Å². The van der Waals surface area contributed by atoms with Gasteiger partial charge < -0.3 is 21.9 Å². The molecule has 5 atom stereocenters. The van der Waals surface area contributed by atoms with Crippen LogP contribution in [0.5, 0.6) is 0 Å². The Balaban J connectivity index is 1.82. The molecular weight excluding hydrogens is 599 g/mol. The Labute approximate surface area is 270 Å². The monoisotopic (exact) mass is 649 g/mol. The number of hydrogen-bond acceptors (Lipinski definition) is 10. The number of nitrogens with zero attached hydrogens (tertiary/aromatic N) is 1. The van der Waals surface area contributed by atoms with Crippen molar-refractivity contribution in [2.24, 2.45) is 29.2 Å². The predicted octanol–water partition coefficient (Wildman–Crippen LogP) is 3.65. The van der Waals surface area contributed by atoms with E-state index >= 15 is 0 Å². The van der Waals surface area contributed by atoms with Gasteiger partial charge in [0.15, 0.2) is 5.78 Å². The highest BCUT2D eigenvalue weighted by Crippen LogP contribution is 2.35. The largest absolute Gasteiger partial charge is 0.393 e. The number of ketones is 1. The number of pyridine rings is 1. The highest BCUT2D eigenvalue weighted by atomic mass is 32.2. The van der Waals surface area contributed by atoms with E-state index in [1.807, 2.05) is 27.7 Å². The molecule has 2 heterocycles. The summed E-state index contributed by atoms with van der Waals surface area (Å²) in [6.45, 7) is 7.43. The van der Waals surface area contributed by atoms with Gasteiger partial charge in [-0.2, -0.15) is 0 Å². The minimum Gasteiger partial charge on any atom is -0.393 e. The summed E-state index contributed by atoms with van der Waals surface area (Å²) in [6, 6.07) is 1.18. The maximum atomic E-state index is 14.3. The van der Waals surface area contributed by atoms with Crippen molar-refractivity contribution in [1.82, 2.24) is 15.6 Å². The average molecular weight is 650 g/mol. The molecule has 2 aliphatic rings. The maximum absolute atomic E-state index is 14.3. The molecule has 0 bridgehead atoms. The standard InChI is InChI=1S/C32H51N5O5S2/c1-5-20(4)25(33)29(41)36-28(40)24-14-12-22(18-35-24)27(39)32(19(2)3,37-30(42)26(34)31-43-15-16-44-31)17-23(38)13-11-21-9-7-6-8-10-21/h12,14,18-21,23,25-26,31,38H,5-11,13,15-17,33-34H2,1-4H3,(H,37,42)(H,36,40,41)/t20-,23?,25-,26+,32-/m0/s1. The first-order valence-corrected chi connectivity index (χ1v) is 18.1. The third kappa shape index (κ3) is 9.51. The molecule has 1 unspecified atom stereocenters. The summed E-state index contributed by atoms with van der Waals surface area (Å²) in [6.07, 6.45) is 8.57. The number of rotatable bonds is 15. The van der Waals surface area contributed by atoms with Crippen molar-refractivity contribution in [3.8, 4) is 0 Å². The Hall–Kier alpha value is -1.99. The number of aliphatic hydroxyl groups excluding tert-OH is 1. The van der Waals surface area contributed by atoms with Gasteiger partial charge in [-0.1, -0.05) is 66.2 Å². The Kier molecular flexibility index (Phi) is 14.2. The number of carbonyl (C=O) groups is 4. The molecule has 44 heavy (non-hydrogen) atoms. The first-order valence-electron chi connectivity index (χ1n) is 16.0. The van der Waals surface area contributed by atoms with Crippen LogP contribution in [-0.2, 0) is 9.59 Å². The van der Waals surface area contributed by atoms with Crippen LogP contribution in [0.2, 0.25) is 0 Å². The highest BCUT2D eigenvalue weighted by Gasteiger charge is 2.46. The van der Waals surface area contributed by atoms with E-state index in [0.29, 0.717) is 18.8 Å². The van der Waals surface area contributed by atoms with E-state index in [4.69, 9.17) is 11.5 Å². The summed E-state index contributed by atoms with van der Waals surface area (Å²) in [5, 5.41) is 16.6. The van der Waals surface area contributed by atoms with E-state index in [-0.39, 0.29) is 34.1 Å². The third-order valence-corrected chi connectivity index (χ3v) is 12.4. The molecule has 1 aromatic heterocycles. The topological polar surface area (TPSA) is 178 Å². The maximum Gasteiger partial charge on any atom is 0.276 e. The normalized spacial score (nSPS) is 20.4. The van der Waals surface area contributed by atoms with Gasteiger partial charge in [-0.3, -0.25) is 29.5 Å². The molecule has 0 radical (unpaired) electrons. The van der Waals surface area contributed by atoms with Crippen LogP contribution in [0.3, 0.4) is 0 Å². The Morgan fingerprint density at radius 1 is 1.05 bits per heavy atom. The first kappa shape index (κ1) is 36.5. The van der Waals surface area contributed by atoms with E-state index < -0.39 is 47.2 Å². The van der Waals surface area contributed by atoms with Crippen LogP contribution >= 0.6 is 23.5 Å². The molecule has 0 spiro atoms. The van der Waals surface area contributed by atoms with Crippen LogP contribution < -0.4 is 22.1 Å². The molecule has 1 saturated carbocycles. The van der Waals surface area contributed by atoms with Crippen molar-refractivity contribution in [2.75, 3.05) is 11.5 Å². The van der Waals surface area contributed by atoms with Gasteiger partial charge >= 0.3 is 0 Å². The summed E-state index contributed by atoms with van der Waals surface area (Å²) >= 11 is 3.26. The second kappa shape index (κ2) is 17.1. The minimum atomic E-state index is -1.45. The van der Waals surface area contributed by atoms with Crippen molar-refractivity contribution in [2.45, 2.75) is 114 Å². The lowest BCUT2D eigenvalue weighted by molar-refractivity contribution is -0.124. The Bertz CT molecular complexity index is 1120. The average Bonchev–Trinajstić information content (AvgIpc) is 3.57. The second-order valence-corrected chi connectivity index (χ2v) is 15.5. The number of amides is 3. The lowest BCUT2D eigenvalue weighted by atomic mass is 9.74. The molecule has 246 valence electrons. The molecule has 3 rings (SSSR count). The number of hydrogen-bond donors (Lipinski definition) is 5. The minimum absolute atomic E-state index is 0.0316. The van der Waals surface area contributed by atoms with Crippen LogP contribution in [0.25, 0.3) is 0 Å². The number of imide groups is 1. The number of thioether (sulfide) groups is 2. The summed E-state index contributed by atoms with van der Waals surface area (Å²) in [5.74, 6) is -0.261. The number of nitrogens with two attached hydrogens (primary N) is 2. The SMILES string of the molecule is CC[C@H](C)[C@H](N)C(=O)NC(=O)c1ccc(C(=O)[C@@](CC(O)CCC2CCCCC2)(NC(=O)[C@@H](N)C2SCCS2)C(C)C)cn1. The van der Waals surface area contributed by atoms with Gasteiger partial charge in [0, 0.05) is 29.7 Å². The van der Waals surface area contributed by atoms with Gasteiger partial charge in [0.2, 0.25) is 11.8 Å². The highest BCUT2D eigenvalue weighted by molar-refractivity contribution is 8.20. The van der Waals surface area contributed by atoms with Gasteiger partial charge in [0.1, 0.15) is 17.3 Å². The molecular formula is C32H51N5O5S2. The van der Waals surface area contributed by atoms with Gasteiger partial charge in [0.05, 0.1) is 16.7 Å². The van der Waals surface area contributed by atoms with E-state index in [0.717, 1.165) is 30.8 Å². The van der Waals surface area contributed by atoms with Crippen LogP contribution in [-0.4, -0.2) is 73.4 Å². The van der Waals surface area contributed by atoms with Crippen molar-refractivity contribution >= 4 is 47.0 Å². The summed E-state index contributed by atoms with van der Waals surface area (Å²) in [7, 11) is 0. The predicted molar refractivity (Wildman–Crippen MR) is 177 cm³/mol. The quantitative estimate of drug-likeness (QED) is 0.176. The van der Waals surface area contributed by atoms with Gasteiger partial charge in [-0.15, -0.1) is 23.5 Å². The molecule has 1 aliphatic carbocycles. The molecule has 2 fully saturated rings. The van der Waals surface area contributed by atoms with Crippen LogP contribution in [0.4, 0.5) is 0 Å². The van der Waals surface area contributed by atoms with E-state index in [1.165, 1.54) is 37.6 Å². The summed E-state index contributed by atoms with van der Waals surface area (Å²) in [5.41, 5.74) is 11.0. The second-order valence-electron chi connectivity index (χ2n) is 12.7. The fraction of sp³-hybridized carbons (Fsp3) is 0.719. The smallest absolute Gasteiger partial charge is 0.276 e. The number of nitrogens with one attached hydrogen (secondary N) is 2. The van der Waals surface area contributed by atoms with Crippen molar-refractivity contribution < 1.29 is 24.3 Å². The molecule has 7 N–H and O–H groups in total. The van der Waals surface area contributed by atoms with Crippen molar-refractivity contribution in [3.05, 3.63) is 29.6 Å². The van der Waals surface area contributed by atoms with Gasteiger partial charge in [-0.25, -0.2) is 0 Å². The number of Topliss-reactive ketones (excluding diaryl/α,β-unsaturated/α-hetero) is 1. The molecule has 1 saturated heterocycles. The zero-order valence-corrected chi connectivity index (χ0v) is 28.2. The lowest BCUT2D eigenvalue weighted by Crippen LogP contribution is -2.63. The number of aliphatic hydroxyl groups is 1. The fourth-order valence-corrected chi connectivity index (χ4v) is 8.78. The lowest BCUT2D eigenvalue weighted by Gasteiger charge is -2.40. The van der Waals surface area contributed by atoms with Crippen LogP contribution in [0, 0.1) is 17.8 Å². The van der Waals surface area contributed by atoms with E-state index in [2.05, 4.69) is 15.6 Å². The first-order chi connectivity index (χ1) is 20.9. The number of carbonyl (C=O) groups excluding carboxylic acids is 4.